The fourth-order valence-electron chi connectivity index (χ4n) is 2.21. The Hall–Kier alpha value is -2.21. The molecule has 1 aliphatic heterocycles. The maximum absolute atomic E-state index is 12.1. The SMILES string of the molecule is CCOC(=O)c1c(-c2ccc3c(c2)OCCO3)csc1N. The average Bonchev–Trinajstić information content (AvgIpc) is 2.89. The summed E-state index contributed by atoms with van der Waals surface area (Å²) in [6, 6.07) is 5.59. The topological polar surface area (TPSA) is 70.8 Å². The molecule has 0 unspecified atom stereocenters. The highest BCUT2D eigenvalue weighted by Crippen LogP contribution is 2.39. The lowest BCUT2D eigenvalue weighted by Gasteiger charge is -2.19. The summed E-state index contributed by atoms with van der Waals surface area (Å²) in [7, 11) is 0. The number of hydrogen-bond donors (Lipinski definition) is 1. The summed E-state index contributed by atoms with van der Waals surface area (Å²) in [5, 5.41) is 2.31. The van der Waals surface area contributed by atoms with Crippen molar-refractivity contribution in [3.8, 4) is 22.6 Å². The highest BCUT2D eigenvalue weighted by Gasteiger charge is 2.21. The zero-order valence-electron chi connectivity index (χ0n) is 11.5. The highest BCUT2D eigenvalue weighted by molar-refractivity contribution is 7.14. The van der Waals surface area contributed by atoms with Gasteiger partial charge in [0.1, 0.15) is 23.8 Å². The maximum atomic E-state index is 12.1. The van der Waals surface area contributed by atoms with Crippen LogP contribution in [0.25, 0.3) is 11.1 Å². The Kier molecular flexibility index (Phi) is 3.70. The summed E-state index contributed by atoms with van der Waals surface area (Å²) in [6.07, 6.45) is 0. The Morgan fingerprint density at radius 3 is 2.86 bits per heavy atom. The normalized spacial score (nSPS) is 13.0. The van der Waals surface area contributed by atoms with Crippen LogP contribution in [0.2, 0.25) is 0 Å². The number of thiophene rings is 1. The van der Waals surface area contributed by atoms with Crippen LogP contribution in [-0.2, 0) is 4.74 Å². The number of hydrogen-bond acceptors (Lipinski definition) is 6. The van der Waals surface area contributed by atoms with Gasteiger partial charge in [-0.2, -0.15) is 0 Å². The maximum Gasteiger partial charge on any atom is 0.341 e. The van der Waals surface area contributed by atoms with Gasteiger partial charge in [0.05, 0.1) is 6.61 Å². The Balaban J connectivity index is 2.03. The van der Waals surface area contributed by atoms with E-state index in [1.807, 2.05) is 23.6 Å². The molecule has 3 rings (SSSR count). The van der Waals surface area contributed by atoms with Crippen LogP contribution in [-0.4, -0.2) is 25.8 Å². The largest absolute Gasteiger partial charge is 0.486 e. The monoisotopic (exact) mass is 305 g/mol. The van der Waals surface area contributed by atoms with Gasteiger partial charge >= 0.3 is 5.97 Å². The highest BCUT2D eigenvalue weighted by atomic mass is 32.1. The van der Waals surface area contributed by atoms with Gasteiger partial charge < -0.3 is 19.9 Å². The summed E-state index contributed by atoms with van der Waals surface area (Å²) in [4.78, 5) is 12.1. The van der Waals surface area contributed by atoms with Gasteiger partial charge in [-0.05, 0) is 24.6 Å². The summed E-state index contributed by atoms with van der Waals surface area (Å²) < 4.78 is 16.1. The zero-order valence-corrected chi connectivity index (χ0v) is 12.4. The van der Waals surface area contributed by atoms with Gasteiger partial charge in [0.25, 0.3) is 0 Å². The third-order valence-corrected chi connectivity index (χ3v) is 3.96. The first-order chi connectivity index (χ1) is 10.2. The standard InChI is InChI=1S/C15H15NO4S/c1-2-18-15(17)13-10(8-21-14(13)16)9-3-4-11-12(7-9)20-6-5-19-11/h3-4,7-8H,2,5-6,16H2,1H3. The second-order valence-electron chi connectivity index (χ2n) is 4.47. The predicted octanol–water partition coefficient (Wildman–Crippen LogP) is 2.95. The van der Waals surface area contributed by atoms with Gasteiger partial charge in [-0.3, -0.25) is 0 Å². The lowest BCUT2D eigenvalue weighted by molar-refractivity contribution is 0.0529. The van der Waals surface area contributed by atoms with E-state index in [-0.39, 0.29) is 0 Å². The number of nitrogens with two attached hydrogens (primary N) is 1. The van der Waals surface area contributed by atoms with Crippen LogP contribution in [0.15, 0.2) is 23.6 Å². The zero-order chi connectivity index (χ0) is 14.8. The summed E-state index contributed by atoms with van der Waals surface area (Å²) >= 11 is 1.32. The molecule has 1 aromatic heterocycles. The van der Waals surface area contributed by atoms with Gasteiger partial charge in [-0.25, -0.2) is 4.79 Å². The van der Waals surface area contributed by atoms with E-state index in [1.54, 1.807) is 6.92 Å². The molecular weight excluding hydrogens is 290 g/mol. The number of carbonyl (C=O) groups is 1. The van der Waals surface area contributed by atoms with Crippen LogP contribution in [0.3, 0.4) is 0 Å². The van der Waals surface area contributed by atoms with Crippen molar-refractivity contribution in [2.75, 3.05) is 25.6 Å². The Morgan fingerprint density at radius 2 is 2.10 bits per heavy atom. The Labute approximate surface area is 126 Å². The van der Waals surface area contributed by atoms with Crippen molar-refractivity contribution in [2.24, 2.45) is 0 Å². The second kappa shape index (κ2) is 5.65. The molecule has 2 heterocycles. The molecule has 0 saturated carbocycles. The third-order valence-electron chi connectivity index (χ3n) is 3.15. The number of anilines is 1. The number of esters is 1. The van der Waals surface area contributed by atoms with Crippen LogP contribution in [0.4, 0.5) is 5.00 Å². The van der Waals surface area contributed by atoms with Gasteiger partial charge in [-0.1, -0.05) is 6.07 Å². The van der Waals surface area contributed by atoms with E-state index < -0.39 is 5.97 Å². The lowest BCUT2D eigenvalue weighted by atomic mass is 10.0. The predicted molar refractivity (Wildman–Crippen MR) is 81.1 cm³/mol. The van der Waals surface area contributed by atoms with Crippen molar-refractivity contribution >= 4 is 22.3 Å². The molecule has 2 N–H and O–H groups in total. The summed E-state index contributed by atoms with van der Waals surface area (Å²) in [5.41, 5.74) is 7.94. The smallest absolute Gasteiger partial charge is 0.341 e. The van der Waals surface area contributed by atoms with Crippen LogP contribution < -0.4 is 15.2 Å². The minimum atomic E-state index is -0.402. The molecule has 0 spiro atoms. The van der Waals surface area contributed by atoms with Crippen molar-refractivity contribution in [3.05, 3.63) is 29.1 Å². The first kappa shape index (κ1) is 13.8. The number of carbonyl (C=O) groups excluding carboxylic acids is 1. The number of benzene rings is 1. The first-order valence-corrected chi connectivity index (χ1v) is 7.52. The summed E-state index contributed by atoms with van der Waals surface area (Å²) in [5.74, 6) is 0.991. The molecule has 1 aliphatic rings. The fraction of sp³-hybridized carbons (Fsp3) is 0.267. The Morgan fingerprint density at radius 1 is 1.33 bits per heavy atom. The second-order valence-corrected chi connectivity index (χ2v) is 5.38. The minimum absolute atomic E-state index is 0.314. The molecule has 0 radical (unpaired) electrons. The number of rotatable bonds is 3. The molecule has 1 aromatic carbocycles. The molecule has 110 valence electrons. The van der Waals surface area contributed by atoms with Gasteiger partial charge in [-0.15, -0.1) is 11.3 Å². The molecule has 0 fully saturated rings. The van der Waals surface area contributed by atoms with Crippen molar-refractivity contribution in [3.63, 3.8) is 0 Å². The average molecular weight is 305 g/mol. The first-order valence-electron chi connectivity index (χ1n) is 6.64. The molecule has 21 heavy (non-hydrogen) atoms. The van der Waals surface area contributed by atoms with E-state index in [2.05, 4.69) is 0 Å². The number of nitrogen functional groups attached to an aromatic ring is 1. The van der Waals surface area contributed by atoms with Crippen molar-refractivity contribution in [1.29, 1.82) is 0 Å². The van der Waals surface area contributed by atoms with Crippen LogP contribution in [0, 0.1) is 0 Å². The van der Waals surface area contributed by atoms with Gasteiger partial charge in [0, 0.05) is 10.9 Å². The fourth-order valence-corrected chi connectivity index (χ4v) is 3.02. The van der Waals surface area contributed by atoms with E-state index >= 15 is 0 Å². The Bertz CT molecular complexity index is 680. The molecule has 2 aromatic rings. The third kappa shape index (κ3) is 2.54. The lowest BCUT2D eigenvalue weighted by Crippen LogP contribution is -2.15. The molecule has 0 aliphatic carbocycles. The molecular formula is C15H15NO4S. The van der Waals surface area contributed by atoms with E-state index in [4.69, 9.17) is 19.9 Å². The minimum Gasteiger partial charge on any atom is -0.486 e. The van der Waals surface area contributed by atoms with Gasteiger partial charge in [0.2, 0.25) is 0 Å². The molecule has 0 amide bonds. The molecule has 0 bridgehead atoms. The molecule has 0 atom stereocenters. The van der Waals surface area contributed by atoms with Crippen LogP contribution in [0.5, 0.6) is 11.5 Å². The van der Waals surface area contributed by atoms with Crippen molar-refractivity contribution in [2.45, 2.75) is 6.92 Å². The van der Waals surface area contributed by atoms with E-state index in [0.29, 0.717) is 41.9 Å². The van der Waals surface area contributed by atoms with Crippen LogP contribution in [0.1, 0.15) is 17.3 Å². The summed E-state index contributed by atoms with van der Waals surface area (Å²) in [6.45, 7) is 3.15. The van der Waals surface area contributed by atoms with Crippen molar-refractivity contribution < 1.29 is 19.0 Å². The van der Waals surface area contributed by atoms with E-state index in [1.165, 1.54) is 11.3 Å². The molecule has 5 nitrogen and oxygen atoms in total. The van der Waals surface area contributed by atoms with E-state index in [9.17, 15) is 4.79 Å². The van der Waals surface area contributed by atoms with E-state index in [0.717, 1.165) is 11.1 Å². The van der Waals surface area contributed by atoms with Crippen LogP contribution >= 0.6 is 11.3 Å². The molecule has 6 heteroatoms. The van der Waals surface area contributed by atoms with Crippen molar-refractivity contribution in [1.82, 2.24) is 0 Å². The van der Waals surface area contributed by atoms with Gasteiger partial charge in [0.15, 0.2) is 11.5 Å². The number of ether oxygens (including phenoxy) is 3. The quantitative estimate of drug-likeness (QED) is 0.883. The molecule has 0 saturated heterocycles. The number of fused-ring (bicyclic) bond motifs is 1.